The normalized spacial score (nSPS) is 23.6. The Hall–Kier alpha value is -0.650. The van der Waals surface area contributed by atoms with E-state index in [2.05, 4.69) is 9.71 Å². The molecule has 0 spiro atoms. The summed E-state index contributed by atoms with van der Waals surface area (Å²) in [4.78, 5) is 3.92. The Balaban J connectivity index is 1.76. The van der Waals surface area contributed by atoms with E-state index in [0.29, 0.717) is 18.9 Å². The lowest BCUT2D eigenvalue weighted by molar-refractivity contribution is 0.361. The minimum atomic E-state index is -3.21. The van der Waals surface area contributed by atoms with Crippen molar-refractivity contribution < 1.29 is 8.42 Å². The number of rotatable bonds is 6. The second-order valence-electron chi connectivity index (χ2n) is 5.40. The summed E-state index contributed by atoms with van der Waals surface area (Å²) >= 11 is 6.12. The van der Waals surface area contributed by atoms with E-state index in [1.807, 2.05) is 12.1 Å². The Morgan fingerprint density at radius 3 is 2.75 bits per heavy atom. The molecule has 0 bridgehead atoms. The van der Waals surface area contributed by atoms with Crippen LogP contribution in [0.4, 0.5) is 0 Å². The highest BCUT2D eigenvalue weighted by atomic mass is 35.5. The summed E-state index contributed by atoms with van der Waals surface area (Å²) in [5, 5.41) is 0.204. The van der Waals surface area contributed by atoms with Crippen molar-refractivity contribution in [3.05, 3.63) is 30.1 Å². The molecule has 1 aliphatic carbocycles. The topological polar surface area (TPSA) is 59.1 Å². The van der Waals surface area contributed by atoms with E-state index in [1.54, 1.807) is 12.4 Å². The van der Waals surface area contributed by atoms with Gasteiger partial charge in [0.25, 0.3) is 0 Å². The first kappa shape index (κ1) is 15.7. The number of pyridine rings is 1. The second kappa shape index (κ2) is 7.38. The first-order valence-corrected chi connectivity index (χ1v) is 9.14. The molecule has 1 saturated carbocycles. The quantitative estimate of drug-likeness (QED) is 0.820. The molecule has 1 aromatic heterocycles. The Morgan fingerprint density at radius 1 is 1.30 bits per heavy atom. The maximum absolute atomic E-state index is 12.0. The third-order valence-electron chi connectivity index (χ3n) is 3.72. The van der Waals surface area contributed by atoms with Crippen molar-refractivity contribution in [1.29, 1.82) is 0 Å². The summed E-state index contributed by atoms with van der Waals surface area (Å²) in [7, 11) is -3.21. The van der Waals surface area contributed by atoms with Gasteiger partial charge in [0.15, 0.2) is 0 Å². The molecule has 112 valence electrons. The number of hydrogen-bond acceptors (Lipinski definition) is 3. The van der Waals surface area contributed by atoms with Crippen LogP contribution >= 0.6 is 11.6 Å². The fourth-order valence-electron chi connectivity index (χ4n) is 2.53. The monoisotopic (exact) mass is 316 g/mol. The molecule has 2 unspecified atom stereocenters. The summed E-state index contributed by atoms with van der Waals surface area (Å²) in [5.41, 5.74) is 0.990. The van der Waals surface area contributed by atoms with Gasteiger partial charge in [-0.05, 0) is 49.3 Å². The standard InChI is InChI=1S/C14H21ClN2O2S/c15-14-3-1-2-13(10-14)11-17-20(18,19)9-6-12-4-7-16-8-5-12/h4-5,7-8,13-14,17H,1-3,6,9-11H2. The van der Waals surface area contributed by atoms with E-state index >= 15 is 0 Å². The molecule has 0 aliphatic heterocycles. The zero-order valence-electron chi connectivity index (χ0n) is 11.5. The highest BCUT2D eigenvalue weighted by Gasteiger charge is 2.21. The number of hydrogen-bond donors (Lipinski definition) is 1. The van der Waals surface area contributed by atoms with Gasteiger partial charge in [-0.1, -0.05) is 6.42 Å². The number of sulfonamides is 1. The van der Waals surface area contributed by atoms with Gasteiger partial charge in [0.2, 0.25) is 10.0 Å². The summed E-state index contributed by atoms with van der Waals surface area (Å²) in [6.07, 6.45) is 7.99. The first-order chi connectivity index (χ1) is 9.55. The molecule has 1 N–H and O–H groups in total. The van der Waals surface area contributed by atoms with E-state index in [1.165, 1.54) is 0 Å². The van der Waals surface area contributed by atoms with Gasteiger partial charge in [0.1, 0.15) is 0 Å². The van der Waals surface area contributed by atoms with Crippen molar-refractivity contribution in [2.75, 3.05) is 12.3 Å². The summed E-state index contributed by atoms with van der Waals surface area (Å²) in [5.74, 6) is 0.496. The lowest BCUT2D eigenvalue weighted by atomic mass is 9.89. The van der Waals surface area contributed by atoms with Crippen molar-refractivity contribution >= 4 is 21.6 Å². The van der Waals surface area contributed by atoms with Gasteiger partial charge in [-0.15, -0.1) is 11.6 Å². The molecule has 0 radical (unpaired) electrons. The molecule has 1 aliphatic rings. The van der Waals surface area contributed by atoms with Crippen LogP contribution in [0.15, 0.2) is 24.5 Å². The number of alkyl halides is 1. The summed E-state index contributed by atoms with van der Waals surface area (Å²) in [6, 6.07) is 3.68. The SMILES string of the molecule is O=S(=O)(CCc1ccncc1)NCC1CCCC(Cl)C1. The highest BCUT2D eigenvalue weighted by molar-refractivity contribution is 7.89. The van der Waals surface area contributed by atoms with Gasteiger partial charge in [-0.2, -0.15) is 0 Å². The number of nitrogens with one attached hydrogen (secondary N) is 1. The molecule has 1 heterocycles. The van der Waals surface area contributed by atoms with Gasteiger partial charge < -0.3 is 0 Å². The molecule has 20 heavy (non-hydrogen) atoms. The average Bonchev–Trinajstić information content (AvgIpc) is 2.45. The van der Waals surface area contributed by atoms with Crippen LogP contribution in [0, 0.1) is 5.92 Å². The Morgan fingerprint density at radius 2 is 2.05 bits per heavy atom. The highest BCUT2D eigenvalue weighted by Crippen LogP contribution is 2.27. The minimum Gasteiger partial charge on any atom is -0.265 e. The van der Waals surface area contributed by atoms with Crippen LogP contribution in [-0.4, -0.2) is 31.1 Å². The third-order valence-corrected chi connectivity index (χ3v) is 5.46. The molecule has 2 atom stereocenters. The molecule has 0 saturated heterocycles. The zero-order chi connectivity index (χ0) is 14.4. The van der Waals surface area contributed by atoms with Crippen molar-refractivity contribution in [2.45, 2.75) is 37.5 Å². The molecule has 0 aromatic carbocycles. The van der Waals surface area contributed by atoms with Crippen LogP contribution < -0.4 is 4.72 Å². The van der Waals surface area contributed by atoms with Crippen molar-refractivity contribution in [3.63, 3.8) is 0 Å². The predicted molar refractivity (Wildman–Crippen MR) is 81.3 cm³/mol. The molecular weight excluding hydrogens is 296 g/mol. The second-order valence-corrected chi connectivity index (χ2v) is 7.95. The maximum Gasteiger partial charge on any atom is 0.211 e. The Bertz CT molecular complexity index is 507. The molecular formula is C14H21ClN2O2S. The van der Waals surface area contributed by atoms with E-state index in [-0.39, 0.29) is 11.1 Å². The smallest absolute Gasteiger partial charge is 0.211 e. The minimum absolute atomic E-state index is 0.119. The Kier molecular flexibility index (Phi) is 5.81. The van der Waals surface area contributed by atoms with E-state index in [4.69, 9.17) is 11.6 Å². The largest absolute Gasteiger partial charge is 0.265 e. The first-order valence-electron chi connectivity index (χ1n) is 7.05. The van der Waals surface area contributed by atoms with Gasteiger partial charge in [0.05, 0.1) is 5.75 Å². The molecule has 2 rings (SSSR count). The lowest BCUT2D eigenvalue weighted by Gasteiger charge is -2.25. The Labute approximate surface area is 126 Å². The van der Waals surface area contributed by atoms with Crippen LogP contribution in [0.3, 0.4) is 0 Å². The predicted octanol–water partition coefficient (Wildman–Crippen LogP) is 2.34. The number of aromatic nitrogens is 1. The summed E-state index contributed by atoms with van der Waals surface area (Å²) in [6.45, 7) is 0.516. The van der Waals surface area contributed by atoms with Gasteiger partial charge in [-0.3, -0.25) is 4.98 Å². The van der Waals surface area contributed by atoms with E-state index < -0.39 is 10.0 Å². The van der Waals surface area contributed by atoms with E-state index in [9.17, 15) is 8.42 Å². The van der Waals surface area contributed by atoms with Crippen LogP contribution in [-0.2, 0) is 16.4 Å². The molecule has 1 fully saturated rings. The number of nitrogens with zero attached hydrogens (tertiary/aromatic N) is 1. The molecule has 4 nitrogen and oxygen atoms in total. The fourth-order valence-corrected chi connectivity index (χ4v) is 4.07. The van der Waals surface area contributed by atoms with Gasteiger partial charge in [0, 0.05) is 24.3 Å². The zero-order valence-corrected chi connectivity index (χ0v) is 13.0. The van der Waals surface area contributed by atoms with Crippen LogP contribution in [0.5, 0.6) is 0 Å². The van der Waals surface area contributed by atoms with Gasteiger partial charge in [-0.25, -0.2) is 13.1 Å². The van der Waals surface area contributed by atoms with Crippen LogP contribution in [0.1, 0.15) is 31.2 Å². The third kappa shape index (κ3) is 5.38. The van der Waals surface area contributed by atoms with Crippen molar-refractivity contribution in [2.24, 2.45) is 5.92 Å². The van der Waals surface area contributed by atoms with E-state index in [0.717, 1.165) is 31.2 Å². The summed E-state index contributed by atoms with van der Waals surface area (Å²) < 4.78 is 26.7. The number of aryl methyl sites for hydroxylation is 1. The van der Waals surface area contributed by atoms with Crippen molar-refractivity contribution in [3.8, 4) is 0 Å². The number of halogens is 1. The van der Waals surface area contributed by atoms with Crippen molar-refractivity contribution in [1.82, 2.24) is 9.71 Å². The molecule has 1 aromatic rings. The lowest BCUT2D eigenvalue weighted by Crippen LogP contribution is -2.34. The fraction of sp³-hybridized carbons (Fsp3) is 0.643. The average molecular weight is 317 g/mol. The molecule has 6 heteroatoms. The van der Waals surface area contributed by atoms with Crippen LogP contribution in [0.2, 0.25) is 0 Å². The molecule has 0 amide bonds. The van der Waals surface area contributed by atoms with Crippen LogP contribution in [0.25, 0.3) is 0 Å². The maximum atomic E-state index is 12.0. The van der Waals surface area contributed by atoms with Gasteiger partial charge >= 0.3 is 0 Å².